The highest BCUT2D eigenvalue weighted by Gasteiger charge is 2.27. The maximum Gasteiger partial charge on any atom is 0.472 e. The molecule has 0 heterocycles. The molecule has 54 heavy (non-hydrogen) atoms. The molecular formula is C44H91NO8P+. The lowest BCUT2D eigenvalue weighted by atomic mass is 10.0. The van der Waals surface area contributed by atoms with Gasteiger partial charge in [-0.2, -0.15) is 0 Å². The number of likely N-dealkylation sites (N-methyl/N-ethyl adjacent to an activating group) is 1. The third-order valence-corrected chi connectivity index (χ3v) is 11.2. The van der Waals surface area contributed by atoms with Gasteiger partial charge in [0.05, 0.1) is 34.4 Å². The molecule has 0 bridgehead atoms. The molecule has 2 unspecified atom stereocenters. The van der Waals surface area contributed by atoms with E-state index in [9.17, 15) is 19.4 Å². The summed E-state index contributed by atoms with van der Waals surface area (Å²) in [6.07, 6.45) is 36.8. The average Bonchev–Trinajstić information content (AvgIpc) is 3.12. The number of rotatable bonds is 43. The van der Waals surface area contributed by atoms with Crippen LogP contribution in [0.5, 0.6) is 0 Å². The van der Waals surface area contributed by atoms with E-state index < -0.39 is 26.2 Å². The molecule has 0 aromatic carbocycles. The first-order valence-corrected chi connectivity index (χ1v) is 24.4. The van der Waals surface area contributed by atoms with Crippen molar-refractivity contribution in [2.75, 3.05) is 47.5 Å². The summed E-state index contributed by atoms with van der Waals surface area (Å²) in [4.78, 5) is 22.9. The third kappa shape index (κ3) is 41.1. The standard InChI is InChI=1S/C44H90NO8P/c1-6-8-10-12-14-16-18-20-22-24-26-28-30-32-34-36-43(46)50-40-42(41-52-54(48,49)51-39-38-45(3,4)5)53-44(47)37-35-33-31-29-27-25-23-21-19-17-15-13-11-9-7-2/h42-43,46H,6-41H2,1-5H3/p+1/t42-,43?/m1/s1. The first-order valence-electron chi connectivity index (χ1n) is 22.9. The first-order chi connectivity index (χ1) is 26.0. The molecule has 3 atom stereocenters. The fraction of sp³-hybridized carbons (Fsp3) is 0.977. The number of quaternary nitrogens is 1. The van der Waals surface area contributed by atoms with E-state index in [-0.39, 0.29) is 26.2 Å². The maximum absolute atomic E-state index is 12.7. The largest absolute Gasteiger partial charge is 0.472 e. The zero-order valence-corrected chi connectivity index (χ0v) is 37.2. The minimum Gasteiger partial charge on any atom is -0.457 e. The molecule has 0 spiro atoms. The Kier molecular flexibility index (Phi) is 37.6. The number of hydrogen-bond acceptors (Lipinski definition) is 7. The Balaban J connectivity index is 4.29. The number of carbonyl (C=O) groups excluding carboxylic acids is 1. The molecule has 2 N–H and O–H groups in total. The Hall–Kier alpha value is -0.540. The number of hydrogen-bond donors (Lipinski definition) is 2. The predicted octanol–water partition coefficient (Wildman–Crippen LogP) is 12.6. The zero-order valence-electron chi connectivity index (χ0n) is 36.3. The van der Waals surface area contributed by atoms with Gasteiger partial charge in [-0.05, 0) is 19.3 Å². The van der Waals surface area contributed by atoms with E-state index in [1.165, 1.54) is 154 Å². The van der Waals surface area contributed by atoms with Gasteiger partial charge in [0.1, 0.15) is 19.3 Å². The number of aliphatic hydroxyl groups is 1. The summed E-state index contributed by atoms with van der Waals surface area (Å²) < 4.78 is 34.6. The van der Waals surface area contributed by atoms with Gasteiger partial charge >= 0.3 is 13.8 Å². The van der Waals surface area contributed by atoms with Crippen LogP contribution in [0.1, 0.15) is 219 Å². The van der Waals surface area contributed by atoms with Crippen LogP contribution in [-0.4, -0.2) is 80.4 Å². The Labute approximate surface area is 334 Å². The van der Waals surface area contributed by atoms with Gasteiger partial charge in [0.25, 0.3) is 0 Å². The van der Waals surface area contributed by atoms with Crippen LogP contribution < -0.4 is 0 Å². The minimum absolute atomic E-state index is 0.0510. The molecule has 0 saturated carbocycles. The first kappa shape index (κ1) is 53.5. The fourth-order valence-electron chi connectivity index (χ4n) is 6.64. The van der Waals surface area contributed by atoms with Crippen LogP contribution in [0.2, 0.25) is 0 Å². The third-order valence-electron chi connectivity index (χ3n) is 10.3. The van der Waals surface area contributed by atoms with E-state index >= 15 is 0 Å². The Morgan fingerprint density at radius 2 is 0.926 bits per heavy atom. The summed E-state index contributed by atoms with van der Waals surface area (Å²) in [5.74, 6) is -0.391. The van der Waals surface area contributed by atoms with Gasteiger partial charge in [0, 0.05) is 6.42 Å². The van der Waals surface area contributed by atoms with Crippen molar-refractivity contribution in [3.63, 3.8) is 0 Å². The van der Waals surface area contributed by atoms with Gasteiger partial charge in [-0.15, -0.1) is 0 Å². The average molecular weight is 793 g/mol. The van der Waals surface area contributed by atoms with Gasteiger partial charge in [0.15, 0.2) is 6.29 Å². The number of esters is 1. The van der Waals surface area contributed by atoms with Crippen LogP contribution in [0.4, 0.5) is 0 Å². The zero-order chi connectivity index (χ0) is 40.0. The van der Waals surface area contributed by atoms with E-state index in [0.29, 0.717) is 17.4 Å². The number of phosphoric ester groups is 1. The summed E-state index contributed by atoms with van der Waals surface area (Å²) in [6, 6.07) is 0. The molecule has 0 aromatic rings. The molecule has 0 fully saturated rings. The van der Waals surface area contributed by atoms with Crippen molar-refractivity contribution in [1.29, 1.82) is 0 Å². The second kappa shape index (κ2) is 38.0. The molecule has 0 saturated heterocycles. The highest BCUT2D eigenvalue weighted by atomic mass is 31.2. The second-order valence-electron chi connectivity index (χ2n) is 16.9. The molecule has 0 rings (SSSR count). The molecule has 0 amide bonds. The van der Waals surface area contributed by atoms with Crippen molar-refractivity contribution in [2.45, 2.75) is 232 Å². The normalized spacial score (nSPS) is 14.3. The maximum atomic E-state index is 12.7. The van der Waals surface area contributed by atoms with Gasteiger partial charge in [-0.25, -0.2) is 4.57 Å². The molecular weight excluding hydrogens is 701 g/mol. The molecule has 0 aliphatic rings. The number of nitrogens with zero attached hydrogens (tertiary/aromatic N) is 1. The van der Waals surface area contributed by atoms with Crippen molar-refractivity contribution < 1.29 is 42.4 Å². The summed E-state index contributed by atoms with van der Waals surface area (Å²) in [6.45, 7) is 4.63. The lowest BCUT2D eigenvalue weighted by molar-refractivity contribution is -0.870. The van der Waals surface area contributed by atoms with Crippen molar-refractivity contribution >= 4 is 13.8 Å². The monoisotopic (exact) mass is 793 g/mol. The van der Waals surface area contributed by atoms with E-state index in [4.69, 9.17) is 18.5 Å². The SMILES string of the molecule is CCCCCCCCCCCCCCCCCC(=O)O[C@H](COC(O)CCCCCCCCCCCCCCCCC)COP(=O)(O)OCC[N+](C)(C)C. The van der Waals surface area contributed by atoms with Crippen LogP contribution in [0, 0.1) is 0 Å². The Morgan fingerprint density at radius 1 is 0.556 bits per heavy atom. The van der Waals surface area contributed by atoms with Crippen molar-refractivity contribution in [1.82, 2.24) is 0 Å². The number of unbranched alkanes of at least 4 members (excludes halogenated alkanes) is 28. The highest BCUT2D eigenvalue weighted by molar-refractivity contribution is 7.47. The molecule has 0 aliphatic carbocycles. The van der Waals surface area contributed by atoms with Gasteiger partial charge in [0.2, 0.25) is 0 Å². The van der Waals surface area contributed by atoms with Gasteiger partial charge in [-0.3, -0.25) is 13.8 Å². The van der Waals surface area contributed by atoms with Crippen LogP contribution >= 0.6 is 7.82 Å². The quantitative estimate of drug-likeness (QED) is 0.0206. The molecule has 0 aliphatic heterocycles. The van der Waals surface area contributed by atoms with Crippen LogP contribution in [-0.2, 0) is 27.9 Å². The Morgan fingerprint density at radius 3 is 1.31 bits per heavy atom. The van der Waals surface area contributed by atoms with Gasteiger partial charge in [-0.1, -0.05) is 194 Å². The number of carbonyl (C=O) groups is 1. The fourth-order valence-corrected chi connectivity index (χ4v) is 7.38. The molecule has 10 heteroatoms. The number of phosphoric acid groups is 1. The lowest BCUT2D eigenvalue weighted by Gasteiger charge is -2.24. The predicted molar refractivity (Wildman–Crippen MR) is 226 cm³/mol. The highest BCUT2D eigenvalue weighted by Crippen LogP contribution is 2.43. The summed E-state index contributed by atoms with van der Waals surface area (Å²) in [5, 5.41) is 10.5. The minimum atomic E-state index is -4.34. The molecule has 0 aromatic heterocycles. The van der Waals surface area contributed by atoms with Crippen LogP contribution in [0.3, 0.4) is 0 Å². The molecule has 324 valence electrons. The van der Waals surface area contributed by atoms with Gasteiger partial charge < -0.3 is 24.0 Å². The second-order valence-corrected chi connectivity index (χ2v) is 18.4. The van der Waals surface area contributed by atoms with E-state index in [1.807, 2.05) is 21.1 Å². The smallest absolute Gasteiger partial charge is 0.457 e. The summed E-state index contributed by atoms with van der Waals surface area (Å²) in [5.41, 5.74) is 0. The Bertz CT molecular complexity index is 855. The van der Waals surface area contributed by atoms with Crippen LogP contribution in [0.15, 0.2) is 0 Å². The number of aliphatic hydroxyl groups excluding tert-OH is 1. The molecule has 0 radical (unpaired) electrons. The van der Waals surface area contributed by atoms with E-state index in [0.717, 1.165) is 38.5 Å². The van der Waals surface area contributed by atoms with Crippen LogP contribution in [0.25, 0.3) is 0 Å². The summed E-state index contributed by atoms with van der Waals surface area (Å²) in [7, 11) is 1.54. The van der Waals surface area contributed by atoms with Crippen molar-refractivity contribution in [3.05, 3.63) is 0 Å². The van der Waals surface area contributed by atoms with E-state index in [1.54, 1.807) is 0 Å². The van der Waals surface area contributed by atoms with Crippen molar-refractivity contribution in [2.24, 2.45) is 0 Å². The lowest BCUT2D eigenvalue weighted by Crippen LogP contribution is -2.37. The van der Waals surface area contributed by atoms with Crippen molar-refractivity contribution in [3.8, 4) is 0 Å². The number of ether oxygens (including phenoxy) is 2. The van der Waals surface area contributed by atoms with E-state index in [2.05, 4.69) is 13.8 Å². The molecule has 9 nitrogen and oxygen atoms in total. The summed E-state index contributed by atoms with van der Waals surface area (Å²) >= 11 is 0. The topological polar surface area (TPSA) is 112 Å².